The fourth-order valence-corrected chi connectivity index (χ4v) is 3.71. The van der Waals surface area contributed by atoms with Crippen molar-refractivity contribution in [2.24, 2.45) is 0 Å². The number of ether oxygens (including phenoxy) is 3. The Kier molecular flexibility index (Phi) is 4.13. The molecule has 1 atom stereocenters. The predicted octanol–water partition coefficient (Wildman–Crippen LogP) is 3.87. The van der Waals surface area contributed by atoms with Crippen LogP contribution in [0.4, 0.5) is 11.4 Å². The third-order valence-corrected chi connectivity index (χ3v) is 5.17. The maximum Gasteiger partial charge on any atom is 0.341 e. The Bertz CT molecular complexity index is 1170. The van der Waals surface area contributed by atoms with Crippen molar-refractivity contribution in [2.45, 2.75) is 13.1 Å². The molecule has 0 spiro atoms. The molecule has 0 saturated carbocycles. The molecule has 1 N–H and O–H groups in total. The van der Waals surface area contributed by atoms with Crippen molar-refractivity contribution in [3.63, 3.8) is 0 Å². The highest BCUT2D eigenvalue weighted by Gasteiger charge is 2.37. The number of hydrogen-bond donors (Lipinski definition) is 1. The predicted molar refractivity (Wildman–Crippen MR) is 107 cm³/mol. The Morgan fingerprint density at radius 1 is 1.13 bits per heavy atom. The van der Waals surface area contributed by atoms with E-state index in [2.05, 4.69) is 5.32 Å². The summed E-state index contributed by atoms with van der Waals surface area (Å²) in [5, 5.41) is 3.34. The van der Waals surface area contributed by atoms with Crippen LogP contribution >= 0.6 is 0 Å². The minimum Gasteiger partial charge on any atom is -0.465 e. The summed E-state index contributed by atoms with van der Waals surface area (Å²) in [6, 6.07) is 14.1. The number of hydrogen-bond acceptors (Lipinski definition) is 7. The fraction of sp³-hybridized carbons (Fsp3) is 0.182. The Balaban J connectivity index is 1.63. The van der Waals surface area contributed by atoms with Gasteiger partial charge in [0, 0.05) is 11.8 Å². The SMILES string of the molecule is COC(=O)c1cc([C@@H]2Nc3ccccc3C(=O)N2c2ccc3c(c2)OCO3)oc1C. The molecule has 152 valence electrons. The van der Waals surface area contributed by atoms with Gasteiger partial charge >= 0.3 is 5.97 Å². The van der Waals surface area contributed by atoms with Gasteiger partial charge in [-0.15, -0.1) is 0 Å². The van der Waals surface area contributed by atoms with Crippen LogP contribution in [0.25, 0.3) is 0 Å². The fourth-order valence-electron chi connectivity index (χ4n) is 3.71. The minimum absolute atomic E-state index is 0.136. The number of anilines is 2. The lowest BCUT2D eigenvalue weighted by atomic mass is 10.0. The van der Waals surface area contributed by atoms with E-state index in [0.29, 0.717) is 45.5 Å². The van der Waals surface area contributed by atoms with Crippen LogP contribution < -0.4 is 19.7 Å². The van der Waals surface area contributed by atoms with Crippen molar-refractivity contribution in [1.82, 2.24) is 0 Å². The summed E-state index contributed by atoms with van der Waals surface area (Å²) in [5.74, 6) is 1.30. The van der Waals surface area contributed by atoms with Crippen LogP contribution in [0.2, 0.25) is 0 Å². The molecule has 2 aliphatic rings. The van der Waals surface area contributed by atoms with Gasteiger partial charge in [0.25, 0.3) is 5.91 Å². The highest BCUT2D eigenvalue weighted by molar-refractivity contribution is 6.12. The molecule has 30 heavy (non-hydrogen) atoms. The molecule has 1 amide bonds. The van der Waals surface area contributed by atoms with E-state index in [0.717, 1.165) is 0 Å². The molecule has 2 aromatic carbocycles. The maximum atomic E-state index is 13.5. The van der Waals surface area contributed by atoms with Crippen molar-refractivity contribution >= 4 is 23.3 Å². The average molecular weight is 406 g/mol. The van der Waals surface area contributed by atoms with E-state index in [1.54, 1.807) is 42.2 Å². The molecule has 2 aliphatic heterocycles. The molecule has 0 aliphatic carbocycles. The lowest BCUT2D eigenvalue weighted by Crippen LogP contribution is -2.43. The van der Waals surface area contributed by atoms with Crippen LogP contribution in [0.5, 0.6) is 11.5 Å². The monoisotopic (exact) mass is 406 g/mol. The molecule has 0 radical (unpaired) electrons. The second kappa shape index (κ2) is 6.84. The number of aryl methyl sites for hydroxylation is 1. The van der Waals surface area contributed by atoms with Crippen LogP contribution in [-0.2, 0) is 4.74 Å². The lowest BCUT2D eigenvalue weighted by Gasteiger charge is -2.36. The van der Waals surface area contributed by atoms with Gasteiger partial charge in [-0.05, 0) is 37.3 Å². The molecule has 3 heterocycles. The zero-order valence-corrected chi connectivity index (χ0v) is 16.3. The molecule has 0 bridgehead atoms. The van der Waals surface area contributed by atoms with Crippen molar-refractivity contribution in [1.29, 1.82) is 0 Å². The van der Waals surface area contributed by atoms with E-state index in [4.69, 9.17) is 18.6 Å². The van der Waals surface area contributed by atoms with Crippen molar-refractivity contribution in [3.8, 4) is 11.5 Å². The molecule has 8 nitrogen and oxygen atoms in total. The number of rotatable bonds is 3. The highest BCUT2D eigenvalue weighted by Crippen LogP contribution is 2.41. The molecule has 3 aromatic rings. The van der Waals surface area contributed by atoms with Gasteiger partial charge in [0.1, 0.15) is 17.1 Å². The first-order chi connectivity index (χ1) is 14.6. The number of esters is 1. The number of furan rings is 1. The zero-order valence-electron chi connectivity index (χ0n) is 16.3. The van der Waals surface area contributed by atoms with Crippen molar-refractivity contribution in [2.75, 3.05) is 24.1 Å². The topological polar surface area (TPSA) is 90.2 Å². The van der Waals surface area contributed by atoms with E-state index in [1.165, 1.54) is 7.11 Å². The average Bonchev–Trinajstić information content (AvgIpc) is 3.39. The van der Waals surface area contributed by atoms with Gasteiger partial charge in [0.05, 0.1) is 18.4 Å². The van der Waals surface area contributed by atoms with Crippen LogP contribution in [0.1, 0.15) is 38.4 Å². The largest absolute Gasteiger partial charge is 0.465 e. The van der Waals surface area contributed by atoms with Crippen LogP contribution in [0.3, 0.4) is 0 Å². The Morgan fingerprint density at radius 2 is 1.93 bits per heavy atom. The van der Waals surface area contributed by atoms with Crippen LogP contribution in [-0.4, -0.2) is 25.8 Å². The van der Waals surface area contributed by atoms with E-state index >= 15 is 0 Å². The number of amides is 1. The highest BCUT2D eigenvalue weighted by atomic mass is 16.7. The van der Waals surface area contributed by atoms with E-state index < -0.39 is 12.1 Å². The Hall–Kier alpha value is -3.94. The van der Waals surface area contributed by atoms with Crippen molar-refractivity contribution < 1.29 is 28.2 Å². The summed E-state index contributed by atoms with van der Waals surface area (Å²) < 4.78 is 21.6. The molecule has 0 saturated heterocycles. The summed E-state index contributed by atoms with van der Waals surface area (Å²) in [6.45, 7) is 1.82. The molecular weight excluding hydrogens is 388 g/mol. The summed E-state index contributed by atoms with van der Waals surface area (Å²) in [7, 11) is 1.31. The number of benzene rings is 2. The van der Waals surface area contributed by atoms with Gasteiger partial charge in [-0.1, -0.05) is 12.1 Å². The van der Waals surface area contributed by atoms with E-state index in [9.17, 15) is 9.59 Å². The zero-order chi connectivity index (χ0) is 20.8. The third-order valence-electron chi connectivity index (χ3n) is 5.17. The van der Waals surface area contributed by atoms with Gasteiger partial charge in [0.2, 0.25) is 6.79 Å². The second-order valence-electron chi connectivity index (χ2n) is 6.92. The van der Waals surface area contributed by atoms with Gasteiger partial charge in [-0.3, -0.25) is 9.69 Å². The number of nitrogens with one attached hydrogen (secondary N) is 1. The number of carbonyl (C=O) groups is 2. The van der Waals surface area contributed by atoms with Crippen LogP contribution in [0.15, 0.2) is 52.9 Å². The van der Waals surface area contributed by atoms with Crippen LogP contribution in [0, 0.1) is 6.92 Å². The van der Waals surface area contributed by atoms with Gasteiger partial charge in [0.15, 0.2) is 17.7 Å². The molecule has 1 aromatic heterocycles. The number of para-hydroxylation sites is 1. The Morgan fingerprint density at radius 3 is 2.77 bits per heavy atom. The number of carbonyl (C=O) groups excluding carboxylic acids is 2. The maximum absolute atomic E-state index is 13.5. The summed E-state index contributed by atoms with van der Waals surface area (Å²) in [4.78, 5) is 27.1. The smallest absolute Gasteiger partial charge is 0.341 e. The first kappa shape index (κ1) is 18.1. The molecule has 0 unspecified atom stereocenters. The number of nitrogens with zero attached hydrogens (tertiary/aromatic N) is 1. The van der Waals surface area contributed by atoms with Crippen molar-refractivity contribution in [3.05, 3.63) is 71.2 Å². The summed E-state index contributed by atoms with van der Waals surface area (Å²) in [5.41, 5.74) is 2.12. The normalized spacial score (nSPS) is 16.8. The molecule has 5 rings (SSSR count). The van der Waals surface area contributed by atoms with E-state index in [1.807, 2.05) is 18.2 Å². The quantitative estimate of drug-likeness (QED) is 0.660. The van der Waals surface area contributed by atoms with Gasteiger partial charge in [-0.25, -0.2) is 4.79 Å². The standard InChI is InChI=1S/C22H18N2O6/c1-12-15(22(26)27-2)10-19(30-12)20-23-16-6-4-3-5-14(16)21(25)24(20)13-7-8-17-18(9-13)29-11-28-17/h3-10,20,23H,11H2,1-2H3/t20-/m1/s1. The second-order valence-corrected chi connectivity index (χ2v) is 6.92. The first-order valence-electron chi connectivity index (χ1n) is 9.34. The lowest BCUT2D eigenvalue weighted by molar-refractivity contribution is 0.0598. The van der Waals surface area contributed by atoms with Gasteiger partial charge in [-0.2, -0.15) is 0 Å². The Labute approximate surface area is 171 Å². The first-order valence-corrected chi connectivity index (χ1v) is 9.34. The summed E-state index contributed by atoms with van der Waals surface area (Å²) in [6.07, 6.45) is -0.676. The van der Waals surface area contributed by atoms with E-state index in [-0.39, 0.29) is 12.7 Å². The molecule has 0 fully saturated rings. The molecule has 8 heteroatoms. The molecular formula is C22H18N2O6. The minimum atomic E-state index is -0.676. The number of methoxy groups -OCH3 is 1. The summed E-state index contributed by atoms with van der Waals surface area (Å²) >= 11 is 0. The van der Waals surface area contributed by atoms with Gasteiger partial charge < -0.3 is 23.9 Å². The number of fused-ring (bicyclic) bond motifs is 2. The third kappa shape index (κ3) is 2.76.